The quantitative estimate of drug-likeness (QED) is 0.832. The summed E-state index contributed by atoms with van der Waals surface area (Å²) in [5, 5.41) is 12.2. The molecule has 2 rings (SSSR count). The van der Waals surface area contributed by atoms with E-state index in [1.807, 2.05) is 0 Å². The molecule has 0 aromatic heterocycles. The van der Waals surface area contributed by atoms with Crippen LogP contribution in [0, 0.1) is 0 Å². The molecule has 2 N–H and O–H groups in total. The third-order valence-electron chi connectivity index (χ3n) is 2.93. The third-order valence-corrected chi connectivity index (χ3v) is 2.93. The van der Waals surface area contributed by atoms with Gasteiger partial charge in [-0.1, -0.05) is 12.1 Å². The maximum atomic E-state index is 13.8. The normalized spacial score (nSPS) is 21.2. The number of alkyl halides is 2. The minimum absolute atomic E-state index is 0.110. The van der Waals surface area contributed by atoms with Crippen LogP contribution in [0.4, 0.5) is 8.78 Å². The molecular formula is C12H15F2NO. The van der Waals surface area contributed by atoms with Crippen molar-refractivity contribution in [3.8, 4) is 5.75 Å². The van der Waals surface area contributed by atoms with Gasteiger partial charge in [-0.05, 0) is 31.5 Å². The molecule has 0 aliphatic carbocycles. The monoisotopic (exact) mass is 227 g/mol. The highest BCUT2D eigenvalue weighted by Crippen LogP contribution is 2.35. The van der Waals surface area contributed by atoms with Crippen molar-refractivity contribution in [1.29, 1.82) is 0 Å². The fourth-order valence-electron chi connectivity index (χ4n) is 2.09. The zero-order valence-electron chi connectivity index (χ0n) is 8.92. The van der Waals surface area contributed by atoms with Crippen LogP contribution >= 0.6 is 0 Å². The second-order valence-electron chi connectivity index (χ2n) is 4.25. The van der Waals surface area contributed by atoms with Crippen molar-refractivity contribution in [3.63, 3.8) is 0 Å². The summed E-state index contributed by atoms with van der Waals surface area (Å²) in [5.41, 5.74) is -0.110. The van der Waals surface area contributed by atoms with Gasteiger partial charge in [0, 0.05) is 18.0 Å². The van der Waals surface area contributed by atoms with Gasteiger partial charge >= 0.3 is 0 Å². The summed E-state index contributed by atoms with van der Waals surface area (Å²) in [6, 6.07) is 5.22. The van der Waals surface area contributed by atoms with E-state index in [1.54, 1.807) is 0 Å². The van der Waals surface area contributed by atoms with Gasteiger partial charge in [0.15, 0.2) is 0 Å². The molecule has 1 saturated heterocycles. The molecule has 88 valence electrons. The SMILES string of the molecule is Oc1cccc(C(F)(F)CC2CCCN2)c1. The fraction of sp³-hybridized carbons (Fsp3) is 0.500. The van der Waals surface area contributed by atoms with E-state index in [0.717, 1.165) is 25.5 Å². The maximum Gasteiger partial charge on any atom is 0.274 e. The standard InChI is InChI=1S/C12H15F2NO/c13-12(14,8-10-4-2-6-15-10)9-3-1-5-11(16)7-9/h1,3,5,7,10,15-16H,2,4,6,8H2. The molecule has 4 heteroatoms. The molecule has 2 nitrogen and oxygen atoms in total. The second kappa shape index (κ2) is 4.37. The van der Waals surface area contributed by atoms with E-state index in [0.29, 0.717) is 0 Å². The first-order chi connectivity index (χ1) is 7.58. The van der Waals surface area contributed by atoms with Crippen LogP contribution in [0.2, 0.25) is 0 Å². The topological polar surface area (TPSA) is 32.3 Å². The van der Waals surface area contributed by atoms with Gasteiger partial charge in [0.2, 0.25) is 0 Å². The van der Waals surface area contributed by atoms with Crippen molar-refractivity contribution in [2.45, 2.75) is 31.2 Å². The number of rotatable bonds is 3. The van der Waals surface area contributed by atoms with Gasteiger partial charge in [0.1, 0.15) is 5.75 Å². The first-order valence-electron chi connectivity index (χ1n) is 5.49. The number of aromatic hydroxyl groups is 1. The molecule has 1 atom stereocenters. The van der Waals surface area contributed by atoms with E-state index < -0.39 is 5.92 Å². The summed E-state index contributed by atoms with van der Waals surface area (Å²) >= 11 is 0. The first-order valence-corrected chi connectivity index (χ1v) is 5.49. The Hall–Kier alpha value is -1.16. The summed E-state index contributed by atoms with van der Waals surface area (Å²) < 4.78 is 27.7. The predicted octanol–water partition coefficient (Wildman–Crippen LogP) is 2.63. The van der Waals surface area contributed by atoms with E-state index in [-0.39, 0.29) is 23.8 Å². The molecule has 1 unspecified atom stereocenters. The van der Waals surface area contributed by atoms with E-state index in [1.165, 1.54) is 18.2 Å². The van der Waals surface area contributed by atoms with Crippen LogP contribution < -0.4 is 5.32 Å². The van der Waals surface area contributed by atoms with E-state index in [9.17, 15) is 13.9 Å². The minimum atomic E-state index is -2.87. The molecule has 1 heterocycles. The van der Waals surface area contributed by atoms with Gasteiger partial charge in [0.05, 0.1) is 0 Å². The summed E-state index contributed by atoms with van der Waals surface area (Å²) in [6.45, 7) is 0.820. The highest BCUT2D eigenvalue weighted by molar-refractivity contribution is 5.30. The number of phenolic OH excluding ortho intramolecular Hbond substituents is 1. The van der Waals surface area contributed by atoms with Crippen molar-refractivity contribution < 1.29 is 13.9 Å². The van der Waals surface area contributed by atoms with Gasteiger partial charge in [-0.2, -0.15) is 0 Å². The summed E-state index contributed by atoms with van der Waals surface area (Å²) in [5.74, 6) is -2.99. The Morgan fingerprint density at radius 2 is 2.25 bits per heavy atom. The van der Waals surface area contributed by atoms with Crippen molar-refractivity contribution in [1.82, 2.24) is 5.32 Å². The van der Waals surface area contributed by atoms with Gasteiger partial charge in [-0.3, -0.25) is 0 Å². The van der Waals surface area contributed by atoms with Crippen molar-refractivity contribution >= 4 is 0 Å². The largest absolute Gasteiger partial charge is 0.508 e. The van der Waals surface area contributed by atoms with Gasteiger partial charge in [0.25, 0.3) is 5.92 Å². The number of benzene rings is 1. The number of halogens is 2. The highest BCUT2D eigenvalue weighted by atomic mass is 19.3. The van der Waals surface area contributed by atoms with Crippen LogP contribution in [0.25, 0.3) is 0 Å². The average Bonchev–Trinajstić information content (AvgIpc) is 2.70. The van der Waals surface area contributed by atoms with Crippen LogP contribution in [0.5, 0.6) is 5.75 Å². The number of hydrogen-bond donors (Lipinski definition) is 2. The lowest BCUT2D eigenvalue weighted by atomic mass is 10.00. The van der Waals surface area contributed by atoms with E-state index in [2.05, 4.69) is 5.32 Å². The molecule has 1 fully saturated rings. The molecule has 0 radical (unpaired) electrons. The summed E-state index contributed by atoms with van der Waals surface area (Å²) in [6.07, 6.45) is 1.56. The van der Waals surface area contributed by atoms with Crippen LogP contribution in [0.3, 0.4) is 0 Å². The Balaban J connectivity index is 2.10. The number of hydrogen-bond acceptors (Lipinski definition) is 2. The van der Waals surface area contributed by atoms with E-state index >= 15 is 0 Å². The molecule has 1 aliphatic heterocycles. The van der Waals surface area contributed by atoms with Crippen molar-refractivity contribution in [2.75, 3.05) is 6.54 Å². The van der Waals surface area contributed by atoms with Gasteiger partial charge < -0.3 is 10.4 Å². The number of nitrogens with one attached hydrogen (secondary N) is 1. The Morgan fingerprint density at radius 1 is 1.44 bits per heavy atom. The van der Waals surface area contributed by atoms with Crippen molar-refractivity contribution in [3.05, 3.63) is 29.8 Å². The van der Waals surface area contributed by atoms with Crippen LogP contribution in [-0.2, 0) is 5.92 Å². The molecule has 1 aliphatic rings. The lowest BCUT2D eigenvalue weighted by Gasteiger charge is -2.20. The number of phenols is 1. The molecule has 1 aromatic carbocycles. The zero-order chi connectivity index (χ0) is 11.6. The summed E-state index contributed by atoms with van der Waals surface area (Å²) in [7, 11) is 0. The highest BCUT2D eigenvalue weighted by Gasteiger charge is 2.35. The smallest absolute Gasteiger partial charge is 0.274 e. The van der Waals surface area contributed by atoms with Crippen molar-refractivity contribution in [2.24, 2.45) is 0 Å². The lowest BCUT2D eigenvalue weighted by molar-refractivity contribution is -0.0215. The predicted molar refractivity (Wildman–Crippen MR) is 57.6 cm³/mol. The third kappa shape index (κ3) is 2.50. The Labute approximate surface area is 93.3 Å². The maximum absolute atomic E-state index is 13.8. The van der Waals surface area contributed by atoms with Crippen LogP contribution in [0.15, 0.2) is 24.3 Å². The minimum Gasteiger partial charge on any atom is -0.508 e. The molecule has 16 heavy (non-hydrogen) atoms. The average molecular weight is 227 g/mol. The second-order valence-corrected chi connectivity index (χ2v) is 4.25. The van der Waals surface area contributed by atoms with E-state index in [4.69, 9.17) is 0 Å². The lowest BCUT2D eigenvalue weighted by Crippen LogP contribution is -2.29. The molecule has 0 amide bonds. The van der Waals surface area contributed by atoms with Crippen LogP contribution in [0.1, 0.15) is 24.8 Å². The molecule has 0 bridgehead atoms. The van der Waals surface area contributed by atoms with Crippen LogP contribution in [-0.4, -0.2) is 17.7 Å². The molecular weight excluding hydrogens is 212 g/mol. The fourth-order valence-corrected chi connectivity index (χ4v) is 2.09. The van der Waals surface area contributed by atoms with Gasteiger partial charge in [-0.25, -0.2) is 8.78 Å². The molecule has 0 spiro atoms. The first kappa shape index (κ1) is 11.3. The Kier molecular flexibility index (Phi) is 3.10. The van der Waals surface area contributed by atoms with Gasteiger partial charge in [-0.15, -0.1) is 0 Å². The molecule has 1 aromatic rings. The Morgan fingerprint density at radius 3 is 2.88 bits per heavy atom. The summed E-state index contributed by atoms with van der Waals surface area (Å²) in [4.78, 5) is 0. The molecule has 0 saturated carbocycles. The zero-order valence-corrected chi connectivity index (χ0v) is 8.92. The Bertz CT molecular complexity index is 362.